The van der Waals surface area contributed by atoms with E-state index in [1.165, 1.54) is 10.6 Å². The van der Waals surface area contributed by atoms with Gasteiger partial charge in [0.25, 0.3) is 5.56 Å². The van der Waals surface area contributed by atoms with Crippen LogP contribution in [0.5, 0.6) is 0 Å². The van der Waals surface area contributed by atoms with Gasteiger partial charge in [-0.1, -0.05) is 42.8 Å². The number of nitrogens with zero attached hydrogens (tertiary/aromatic N) is 5. The van der Waals surface area contributed by atoms with E-state index in [1.807, 2.05) is 35.8 Å². The summed E-state index contributed by atoms with van der Waals surface area (Å²) in [5, 5.41) is 0. The first-order valence-electron chi connectivity index (χ1n) is 10.6. The molecule has 3 heterocycles. The molecule has 0 saturated carbocycles. The zero-order valence-electron chi connectivity index (χ0n) is 18.2. The summed E-state index contributed by atoms with van der Waals surface area (Å²) < 4.78 is 18.6. The molecule has 0 saturated heterocycles. The van der Waals surface area contributed by atoms with Gasteiger partial charge in [-0.25, -0.2) is 9.18 Å². The van der Waals surface area contributed by atoms with Gasteiger partial charge in [-0.3, -0.25) is 13.9 Å². The molecule has 32 heavy (non-hydrogen) atoms. The van der Waals surface area contributed by atoms with Crippen LogP contribution in [0.15, 0.2) is 58.1 Å². The van der Waals surface area contributed by atoms with E-state index in [2.05, 4.69) is 11.8 Å². The van der Waals surface area contributed by atoms with Crippen molar-refractivity contribution in [3.05, 3.63) is 86.3 Å². The Balaban J connectivity index is 1.73. The van der Waals surface area contributed by atoms with Gasteiger partial charge in [0.1, 0.15) is 5.82 Å². The number of hydrogen-bond acceptors (Lipinski definition) is 4. The second kappa shape index (κ2) is 7.47. The molecule has 0 N–H and O–H groups in total. The maximum Gasteiger partial charge on any atom is 0.332 e. The molecule has 1 aliphatic heterocycles. The predicted octanol–water partition coefficient (Wildman–Crippen LogP) is 3.18. The van der Waals surface area contributed by atoms with Gasteiger partial charge >= 0.3 is 5.69 Å². The first-order chi connectivity index (χ1) is 15.3. The zero-order chi connectivity index (χ0) is 22.6. The van der Waals surface area contributed by atoms with E-state index in [0.29, 0.717) is 29.2 Å². The van der Waals surface area contributed by atoms with E-state index in [4.69, 9.17) is 4.98 Å². The lowest BCUT2D eigenvalue weighted by molar-refractivity contribution is 0.458. The summed E-state index contributed by atoms with van der Waals surface area (Å²) in [5.41, 5.74) is 2.16. The number of rotatable bonds is 3. The molecular formula is C24H24FN5O2. The lowest BCUT2D eigenvalue weighted by Crippen LogP contribution is -2.40. The van der Waals surface area contributed by atoms with Gasteiger partial charge in [0.2, 0.25) is 5.95 Å². The molecule has 1 aliphatic rings. The molecule has 7 nitrogen and oxygen atoms in total. The first kappa shape index (κ1) is 20.2. The van der Waals surface area contributed by atoms with Crippen molar-refractivity contribution < 1.29 is 4.39 Å². The SMILES string of the molecule is Cc1ccc(N2C[C@@H](C)Cn3c2nc2c3c(=O)n(Cc3ccccc3F)c(=O)n2C)cc1. The van der Waals surface area contributed by atoms with E-state index < -0.39 is 17.1 Å². The first-order valence-corrected chi connectivity index (χ1v) is 10.6. The van der Waals surface area contributed by atoms with E-state index in [-0.39, 0.29) is 12.5 Å². The fourth-order valence-electron chi connectivity index (χ4n) is 4.38. The molecular weight excluding hydrogens is 409 g/mol. The van der Waals surface area contributed by atoms with Crippen molar-refractivity contribution in [2.45, 2.75) is 26.9 Å². The summed E-state index contributed by atoms with van der Waals surface area (Å²) in [6.07, 6.45) is 0. The van der Waals surface area contributed by atoms with Crippen molar-refractivity contribution in [3.8, 4) is 0 Å². The highest BCUT2D eigenvalue weighted by Gasteiger charge is 2.29. The Morgan fingerprint density at radius 1 is 1.06 bits per heavy atom. The zero-order valence-corrected chi connectivity index (χ0v) is 18.2. The summed E-state index contributed by atoms with van der Waals surface area (Å²) in [6, 6.07) is 14.3. The number of aryl methyl sites for hydroxylation is 2. The van der Waals surface area contributed by atoms with Crippen LogP contribution >= 0.6 is 0 Å². The smallest absolute Gasteiger partial charge is 0.312 e. The van der Waals surface area contributed by atoms with Gasteiger partial charge in [0, 0.05) is 31.4 Å². The molecule has 0 bridgehead atoms. The molecule has 0 fully saturated rings. The molecule has 4 aromatic rings. The molecule has 1 atom stereocenters. The highest BCUT2D eigenvalue weighted by Crippen LogP contribution is 2.32. The Bertz CT molecular complexity index is 1450. The highest BCUT2D eigenvalue weighted by atomic mass is 19.1. The molecule has 0 radical (unpaired) electrons. The van der Waals surface area contributed by atoms with Crippen molar-refractivity contribution in [1.82, 2.24) is 18.7 Å². The van der Waals surface area contributed by atoms with Crippen LogP contribution in [0.4, 0.5) is 16.0 Å². The third kappa shape index (κ3) is 3.14. The second-order valence-corrected chi connectivity index (χ2v) is 8.57. The summed E-state index contributed by atoms with van der Waals surface area (Å²) >= 11 is 0. The summed E-state index contributed by atoms with van der Waals surface area (Å²) in [4.78, 5) is 33.3. The Morgan fingerprint density at radius 3 is 2.50 bits per heavy atom. The summed E-state index contributed by atoms with van der Waals surface area (Å²) in [7, 11) is 1.60. The molecule has 0 amide bonds. The third-order valence-corrected chi connectivity index (χ3v) is 6.07. The summed E-state index contributed by atoms with van der Waals surface area (Å²) in [5.74, 6) is 0.451. The molecule has 5 rings (SSSR count). The van der Waals surface area contributed by atoms with Gasteiger partial charge in [-0.2, -0.15) is 4.98 Å². The number of hydrogen-bond donors (Lipinski definition) is 0. The quantitative estimate of drug-likeness (QED) is 0.498. The number of halogens is 1. The van der Waals surface area contributed by atoms with Gasteiger partial charge in [-0.05, 0) is 31.0 Å². The third-order valence-electron chi connectivity index (χ3n) is 6.07. The normalized spacial score (nSPS) is 15.9. The van der Waals surface area contributed by atoms with Crippen LogP contribution in [-0.4, -0.2) is 25.2 Å². The standard InChI is InChI=1S/C24H24FN5O2/c1-15-8-10-18(11-9-15)28-12-16(2)13-29-20-21(26-23(28)29)27(3)24(32)30(22(20)31)14-17-6-4-5-7-19(17)25/h4-11,16H,12-14H2,1-3H3/t16-/m1/s1. The van der Waals surface area contributed by atoms with Crippen LogP contribution in [0.2, 0.25) is 0 Å². The van der Waals surface area contributed by atoms with Crippen molar-refractivity contribution in [3.63, 3.8) is 0 Å². The maximum absolute atomic E-state index is 14.2. The molecule has 0 unspecified atom stereocenters. The summed E-state index contributed by atoms with van der Waals surface area (Å²) in [6.45, 7) is 5.39. The van der Waals surface area contributed by atoms with Crippen LogP contribution < -0.4 is 16.1 Å². The fraction of sp³-hybridized carbons (Fsp3) is 0.292. The minimum absolute atomic E-state index is 0.133. The topological polar surface area (TPSA) is 65.1 Å². The molecule has 164 valence electrons. The Morgan fingerprint density at radius 2 is 1.78 bits per heavy atom. The Hall–Kier alpha value is -3.68. The molecule has 2 aromatic carbocycles. The van der Waals surface area contributed by atoms with Crippen LogP contribution in [0.1, 0.15) is 18.1 Å². The average molecular weight is 433 g/mol. The molecule has 0 spiro atoms. The largest absolute Gasteiger partial charge is 0.332 e. The van der Waals surface area contributed by atoms with Crippen molar-refractivity contribution in [2.75, 3.05) is 11.4 Å². The molecule has 2 aromatic heterocycles. The van der Waals surface area contributed by atoms with Crippen LogP contribution in [0.25, 0.3) is 11.2 Å². The van der Waals surface area contributed by atoms with Crippen LogP contribution in [0.3, 0.4) is 0 Å². The van der Waals surface area contributed by atoms with Gasteiger partial charge in [0.05, 0.1) is 6.54 Å². The fourth-order valence-corrected chi connectivity index (χ4v) is 4.38. The van der Waals surface area contributed by atoms with Crippen molar-refractivity contribution in [2.24, 2.45) is 13.0 Å². The average Bonchev–Trinajstić information content (AvgIpc) is 3.16. The van der Waals surface area contributed by atoms with Crippen molar-refractivity contribution >= 4 is 22.8 Å². The lowest BCUT2D eigenvalue weighted by Gasteiger charge is -2.33. The Labute approximate surface area is 184 Å². The highest BCUT2D eigenvalue weighted by molar-refractivity contribution is 5.77. The number of aromatic nitrogens is 4. The lowest BCUT2D eigenvalue weighted by atomic mass is 10.1. The van der Waals surface area contributed by atoms with Crippen LogP contribution in [-0.2, 0) is 20.1 Å². The number of imidazole rings is 1. The predicted molar refractivity (Wildman–Crippen MR) is 122 cm³/mol. The number of anilines is 2. The van der Waals surface area contributed by atoms with Crippen molar-refractivity contribution in [1.29, 1.82) is 0 Å². The van der Waals surface area contributed by atoms with E-state index in [9.17, 15) is 14.0 Å². The van der Waals surface area contributed by atoms with E-state index in [1.54, 1.807) is 25.2 Å². The van der Waals surface area contributed by atoms with Gasteiger partial charge in [0.15, 0.2) is 11.2 Å². The van der Waals surface area contributed by atoms with Gasteiger partial charge in [-0.15, -0.1) is 0 Å². The number of benzene rings is 2. The van der Waals surface area contributed by atoms with Gasteiger partial charge < -0.3 is 9.47 Å². The monoisotopic (exact) mass is 433 g/mol. The molecule has 0 aliphatic carbocycles. The van der Waals surface area contributed by atoms with E-state index in [0.717, 1.165) is 22.4 Å². The maximum atomic E-state index is 14.2. The minimum Gasteiger partial charge on any atom is -0.312 e. The number of fused-ring (bicyclic) bond motifs is 3. The van der Waals surface area contributed by atoms with E-state index >= 15 is 0 Å². The second-order valence-electron chi connectivity index (χ2n) is 8.57. The van der Waals surface area contributed by atoms with Crippen LogP contribution in [0, 0.1) is 18.7 Å². The molecule has 8 heteroatoms. The minimum atomic E-state index is -0.517. The Kier molecular flexibility index (Phi) is 4.73.